The lowest BCUT2D eigenvalue weighted by Crippen LogP contribution is -2.32. The fourth-order valence-electron chi connectivity index (χ4n) is 2.08. The molecule has 2 amide bonds. The Bertz CT molecular complexity index is 796. The van der Waals surface area contributed by atoms with Gasteiger partial charge in [0.25, 0.3) is 11.8 Å². The molecule has 1 atom stereocenters. The minimum Gasteiger partial charge on any atom is -0.482 e. The highest BCUT2D eigenvalue weighted by Gasteiger charge is 2.11. The van der Waals surface area contributed by atoms with Gasteiger partial charge in [-0.1, -0.05) is 36.2 Å². The molecule has 0 saturated heterocycles. The first-order chi connectivity index (χ1) is 12.4. The molecule has 0 saturated carbocycles. The first-order valence-corrected chi connectivity index (χ1v) is 8.93. The van der Waals surface area contributed by atoms with Crippen molar-refractivity contribution in [3.8, 4) is 5.75 Å². The Morgan fingerprint density at radius 3 is 2.62 bits per heavy atom. The molecule has 0 spiro atoms. The Balaban J connectivity index is 1.94. The minimum absolute atomic E-state index is 0.0817. The van der Waals surface area contributed by atoms with E-state index < -0.39 is 0 Å². The maximum absolute atomic E-state index is 12.2. The topological polar surface area (TPSA) is 67.4 Å². The number of hydrogen-bond donors (Lipinski definition) is 2. The monoisotopic (exact) mass is 394 g/mol. The Kier molecular flexibility index (Phi) is 7.30. The smallest absolute Gasteiger partial charge is 0.262 e. The van der Waals surface area contributed by atoms with Gasteiger partial charge in [-0.25, -0.2) is 0 Å². The highest BCUT2D eigenvalue weighted by Crippen LogP contribution is 2.27. The summed E-state index contributed by atoms with van der Waals surface area (Å²) in [4.78, 5) is 24.2. The van der Waals surface area contributed by atoms with Crippen LogP contribution >= 0.6 is 23.2 Å². The van der Waals surface area contributed by atoms with Gasteiger partial charge in [0.15, 0.2) is 6.61 Å². The molecule has 0 bridgehead atoms. The largest absolute Gasteiger partial charge is 0.482 e. The molecule has 2 aromatic rings. The van der Waals surface area contributed by atoms with Crippen molar-refractivity contribution in [3.63, 3.8) is 0 Å². The third-order valence-electron chi connectivity index (χ3n) is 3.65. The van der Waals surface area contributed by atoms with Crippen LogP contribution in [-0.2, 0) is 4.79 Å². The molecule has 0 aliphatic heterocycles. The van der Waals surface area contributed by atoms with Crippen LogP contribution < -0.4 is 15.4 Å². The van der Waals surface area contributed by atoms with Crippen LogP contribution in [0.2, 0.25) is 10.0 Å². The molecule has 0 heterocycles. The van der Waals surface area contributed by atoms with Crippen LogP contribution in [0.15, 0.2) is 42.5 Å². The van der Waals surface area contributed by atoms with Crippen molar-refractivity contribution in [2.75, 3.05) is 11.9 Å². The number of hydrogen-bond acceptors (Lipinski definition) is 3. The number of amides is 2. The summed E-state index contributed by atoms with van der Waals surface area (Å²) in [6.07, 6.45) is 0.840. The highest BCUT2D eigenvalue weighted by atomic mass is 35.5. The van der Waals surface area contributed by atoms with Crippen molar-refractivity contribution < 1.29 is 14.3 Å². The molecule has 26 heavy (non-hydrogen) atoms. The second kappa shape index (κ2) is 9.46. The summed E-state index contributed by atoms with van der Waals surface area (Å²) in [7, 11) is 0. The Labute approximate surface area is 162 Å². The average molecular weight is 395 g/mol. The molecule has 7 heteroatoms. The van der Waals surface area contributed by atoms with E-state index in [4.69, 9.17) is 27.9 Å². The average Bonchev–Trinajstić information content (AvgIpc) is 2.61. The van der Waals surface area contributed by atoms with E-state index in [0.29, 0.717) is 27.0 Å². The molecule has 2 N–H and O–H groups in total. The van der Waals surface area contributed by atoms with Crippen LogP contribution in [0.5, 0.6) is 5.75 Å². The lowest BCUT2D eigenvalue weighted by atomic mass is 10.1. The third-order valence-corrected chi connectivity index (χ3v) is 4.18. The van der Waals surface area contributed by atoms with Crippen molar-refractivity contribution in [1.82, 2.24) is 5.32 Å². The Morgan fingerprint density at radius 2 is 1.92 bits per heavy atom. The van der Waals surface area contributed by atoms with E-state index in [1.54, 1.807) is 36.4 Å². The van der Waals surface area contributed by atoms with E-state index in [2.05, 4.69) is 10.6 Å². The van der Waals surface area contributed by atoms with Crippen LogP contribution in [0.1, 0.15) is 30.6 Å². The summed E-state index contributed by atoms with van der Waals surface area (Å²) in [5.74, 6) is -0.178. The molecule has 5 nitrogen and oxygen atoms in total. The van der Waals surface area contributed by atoms with Gasteiger partial charge in [0.05, 0.1) is 5.02 Å². The van der Waals surface area contributed by atoms with E-state index in [-0.39, 0.29) is 24.5 Å². The number of ether oxygens (including phenoxy) is 1. The summed E-state index contributed by atoms with van der Waals surface area (Å²) in [6, 6.07) is 11.6. The van der Waals surface area contributed by atoms with Crippen molar-refractivity contribution in [2.45, 2.75) is 26.3 Å². The van der Waals surface area contributed by atoms with E-state index in [1.165, 1.54) is 6.07 Å². The van der Waals surface area contributed by atoms with Gasteiger partial charge in [-0.05, 0) is 49.7 Å². The summed E-state index contributed by atoms with van der Waals surface area (Å²) in [5.41, 5.74) is 0.988. The standard InChI is InChI=1S/C19H20Cl2N2O3/c1-3-12(2)22-19(25)13-5-4-6-15(9-13)23-18(24)11-26-17-8-7-14(20)10-16(17)21/h4-10,12H,3,11H2,1-2H3,(H,22,25)(H,23,24). The predicted molar refractivity (Wildman–Crippen MR) is 104 cm³/mol. The summed E-state index contributed by atoms with van der Waals surface area (Å²) >= 11 is 11.8. The van der Waals surface area contributed by atoms with Gasteiger partial charge in [-0.3, -0.25) is 9.59 Å². The number of rotatable bonds is 7. The van der Waals surface area contributed by atoms with Crippen LogP contribution in [0.3, 0.4) is 0 Å². The Morgan fingerprint density at radius 1 is 1.15 bits per heavy atom. The number of benzene rings is 2. The van der Waals surface area contributed by atoms with E-state index >= 15 is 0 Å². The molecule has 2 aromatic carbocycles. The van der Waals surface area contributed by atoms with Gasteiger partial charge in [-0.2, -0.15) is 0 Å². The predicted octanol–water partition coefficient (Wildman–Crippen LogP) is 4.54. The third kappa shape index (κ3) is 5.93. The number of nitrogens with one attached hydrogen (secondary N) is 2. The van der Waals surface area contributed by atoms with Crippen molar-refractivity contribution in [1.29, 1.82) is 0 Å². The lowest BCUT2D eigenvalue weighted by Gasteiger charge is -2.12. The normalized spacial score (nSPS) is 11.5. The summed E-state index contributed by atoms with van der Waals surface area (Å²) < 4.78 is 5.39. The number of carbonyl (C=O) groups excluding carboxylic acids is 2. The van der Waals surface area contributed by atoms with Crippen LogP contribution in [-0.4, -0.2) is 24.5 Å². The summed E-state index contributed by atoms with van der Waals surface area (Å²) in [5, 5.41) is 6.39. The van der Waals surface area contributed by atoms with E-state index in [0.717, 1.165) is 6.42 Å². The van der Waals surface area contributed by atoms with Gasteiger partial charge in [0.2, 0.25) is 0 Å². The molecule has 0 radical (unpaired) electrons. The first kappa shape index (κ1) is 20.1. The molecule has 0 aliphatic carbocycles. The molecular formula is C19H20Cl2N2O3. The van der Waals surface area contributed by atoms with Gasteiger partial charge >= 0.3 is 0 Å². The molecule has 0 aromatic heterocycles. The highest BCUT2D eigenvalue weighted by molar-refractivity contribution is 6.35. The van der Waals surface area contributed by atoms with Crippen LogP contribution in [0.4, 0.5) is 5.69 Å². The Hall–Kier alpha value is -2.24. The molecule has 0 aliphatic rings. The fourth-order valence-corrected chi connectivity index (χ4v) is 2.54. The molecule has 138 valence electrons. The zero-order chi connectivity index (χ0) is 19.1. The quantitative estimate of drug-likeness (QED) is 0.724. The van der Waals surface area contributed by atoms with E-state index in [1.807, 2.05) is 13.8 Å². The van der Waals surface area contributed by atoms with E-state index in [9.17, 15) is 9.59 Å². The lowest BCUT2D eigenvalue weighted by molar-refractivity contribution is -0.118. The zero-order valence-electron chi connectivity index (χ0n) is 14.5. The minimum atomic E-state index is -0.365. The first-order valence-electron chi connectivity index (χ1n) is 8.17. The molecule has 0 fully saturated rings. The maximum Gasteiger partial charge on any atom is 0.262 e. The number of carbonyl (C=O) groups is 2. The van der Waals surface area contributed by atoms with Crippen molar-refractivity contribution >= 4 is 40.7 Å². The summed E-state index contributed by atoms with van der Waals surface area (Å²) in [6.45, 7) is 3.71. The van der Waals surface area contributed by atoms with Gasteiger partial charge in [-0.15, -0.1) is 0 Å². The van der Waals surface area contributed by atoms with Gasteiger partial charge in [0.1, 0.15) is 5.75 Å². The SMILES string of the molecule is CCC(C)NC(=O)c1cccc(NC(=O)COc2ccc(Cl)cc2Cl)c1. The number of anilines is 1. The molecular weight excluding hydrogens is 375 g/mol. The van der Waals surface area contributed by atoms with Crippen LogP contribution in [0.25, 0.3) is 0 Å². The zero-order valence-corrected chi connectivity index (χ0v) is 16.0. The van der Waals surface area contributed by atoms with Crippen molar-refractivity contribution in [3.05, 3.63) is 58.1 Å². The second-order valence-electron chi connectivity index (χ2n) is 5.78. The maximum atomic E-state index is 12.2. The second-order valence-corrected chi connectivity index (χ2v) is 6.62. The van der Waals surface area contributed by atoms with Crippen LogP contribution in [0, 0.1) is 0 Å². The van der Waals surface area contributed by atoms with Crippen molar-refractivity contribution in [2.24, 2.45) is 0 Å². The fraction of sp³-hybridized carbons (Fsp3) is 0.263. The number of halogens is 2. The molecule has 1 unspecified atom stereocenters. The van der Waals surface area contributed by atoms with Gasteiger partial charge in [0, 0.05) is 22.3 Å². The molecule has 2 rings (SSSR count). The van der Waals surface area contributed by atoms with Gasteiger partial charge < -0.3 is 15.4 Å².